The normalized spacial score (nSPS) is 15.8. The van der Waals surface area contributed by atoms with E-state index in [-0.39, 0.29) is 5.56 Å². The Balaban J connectivity index is 1.66. The van der Waals surface area contributed by atoms with Crippen LogP contribution in [0.2, 0.25) is 0 Å². The lowest BCUT2D eigenvalue weighted by Crippen LogP contribution is -2.48. The van der Waals surface area contributed by atoms with E-state index < -0.39 is 0 Å². The number of nitrogens with one attached hydrogen (secondary N) is 1. The third-order valence-corrected chi connectivity index (χ3v) is 4.43. The molecular formula is C17H24N6O. The molecule has 0 radical (unpaired) electrons. The molecule has 1 saturated heterocycles. The van der Waals surface area contributed by atoms with Gasteiger partial charge in [-0.2, -0.15) is 5.10 Å². The van der Waals surface area contributed by atoms with Gasteiger partial charge in [0.25, 0.3) is 5.56 Å². The summed E-state index contributed by atoms with van der Waals surface area (Å²) in [5.41, 5.74) is 1.41. The van der Waals surface area contributed by atoms with Gasteiger partial charge in [0, 0.05) is 45.5 Å². The van der Waals surface area contributed by atoms with E-state index in [2.05, 4.69) is 39.0 Å². The molecule has 7 nitrogen and oxygen atoms in total. The van der Waals surface area contributed by atoms with Crippen molar-refractivity contribution in [1.82, 2.24) is 19.7 Å². The molecule has 7 heteroatoms. The smallest absolute Gasteiger partial charge is 0.290 e. The molecule has 0 unspecified atom stereocenters. The van der Waals surface area contributed by atoms with E-state index in [0.717, 1.165) is 31.9 Å². The quantitative estimate of drug-likeness (QED) is 0.916. The number of piperazine rings is 1. The van der Waals surface area contributed by atoms with Crippen LogP contribution in [0.25, 0.3) is 0 Å². The number of aromatic nitrogens is 3. The van der Waals surface area contributed by atoms with Crippen molar-refractivity contribution < 1.29 is 0 Å². The summed E-state index contributed by atoms with van der Waals surface area (Å²) >= 11 is 0. The Kier molecular flexibility index (Phi) is 4.80. The van der Waals surface area contributed by atoms with Gasteiger partial charge in [-0.25, -0.2) is 9.67 Å². The summed E-state index contributed by atoms with van der Waals surface area (Å²) in [6, 6.07) is 6.21. The third kappa shape index (κ3) is 3.56. The largest absolute Gasteiger partial charge is 0.368 e. The van der Waals surface area contributed by atoms with Gasteiger partial charge in [-0.15, -0.1) is 0 Å². The minimum Gasteiger partial charge on any atom is -0.368 e. The maximum Gasteiger partial charge on any atom is 0.290 e. The molecule has 0 bridgehead atoms. The maximum atomic E-state index is 12.0. The zero-order valence-corrected chi connectivity index (χ0v) is 14.4. The van der Waals surface area contributed by atoms with E-state index >= 15 is 0 Å². The highest BCUT2D eigenvalue weighted by molar-refractivity contribution is 5.57. The van der Waals surface area contributed by atoms with E-state index in [0.29, 0.717) is 17.5 Å². The summed E-state index contributed by atoms with van der Waals surface area (Å²) in [6.45, 7) is 8.65. The molecule has 128 valence electrons. The highest BCUT2D eigenvalue weighted by Crippen LogP contribution is 2.19. The van der Waals surface area contributed by atoms with Crippen LogP contribution >= 0.6 is 0 Å². The van der Waals surface area contributed by atoms with Crippen LogP contribution in [0, 0.1) is 0 Å². The molecule has 0 atom stereocenters. The van der Waals surface area contributed by atoms with Gasteiger partial charge in [-0.05, 0) is 32.0 Å². The molecule has 0 spiro atoms. The van der Waals surface area contributed by atoms with Crippen LogP contribution in [0.5, 0.6) is 0 Å². The molecule has 1 aliphatic heterocycles. The Morgan fingerprint density at radius 3 is 2.50 bits per heavy atom. The van der Waals surface area contributed by atoms with Crippen molar-refractivity contribution in [3.8, 4) is 0 Å². The first kappa shape index (κ1) is 16.4. The van der Waals surface area contributed by atoms with Crippen molar-refractivity contribution in [3.05, 3.63) is 40.9 Å². The molecule has 3 rings (SSSR count). The van der Waals surface area contributed by atoms with E-state index in [1.807, 2.05) is 18.3 Å². The van der Waals surface area contributed by atoms with Crippen molar-refractivity contribution >= 4 is 17.2 Å². The standard InChI is InChI=1S/C17H24N6O/c1-13(2)22-8-10-23(11-9-22)14-4-5-16(18-12-14)20-15-6-7-19-21(3)17(15)24/h4-7,12-13H,8-11H2,1-3H3,(H,18,20). The number of hydrogen-bond acceptors (Lipinski definition) is 6. The lowest BCUT2D eigenvalue weighted by Gasteiger charge is -2.38. The Labute approximate surface area is 141 Å². The van der Waals surface area contributed by atoms with Crippen LogP contribution in [0.4, 0.5) is 17.2 Å². The van der Waals surface area contributed by atoms with E-state index in [1.165, 1.54) is 4.68 Å². The summed E-state index contributed by atoms with van der Waals surface area (Å²) in [4.78, 5) is 21.2. The van der Waals surface area contributed by atoms with Crippen molar-refractivity contribution in [2.75, 3.05) is 36.4 Å². The van der Waals surface area contributed by atoms with Gasteiger partial charge in [0.15, 0.2) is 0 Å². The van der Waals surface area contributed by atoms with Crippen LogP contribution in [0.15, 0.2) is 35.4 Å². The Morgan fingerprint density at radius 1 is 1.12 bits per heavy atom. The van der Waals surface area contributed by atoms with Crippen LogP contribution < -0.4 is 15.8 Å². The van der Waals surface area contributed by atoms with Gasteiger partial charge >= 0.3 is 0 Å². The van der Waals surface area contributed by atoms with Crippen LogP contribution in [0.3, 0.4) is 0 Å². The second-order valence-corrected chi connectivity index (χ2v) is 6.32. The summed E-state index contributed by atoms with van der Waals surface area (Å²) in [6.07, 6.45) is 3.45. The first-order chi connectivity index (χ1) is 11.5. The van der Waals surface area contributed by atoms with Crippen molar-refractivity contribution in [3.63, 3.8) is 0 Å². The Bertz CT molecular complexity index is 731. The van der Waals surface area contributed by atoms with E-state index in [9.17, 15) is 4.79 Å². The van der Waals surface area contributed by atoms with Crippen LogP contribution in [0.1, 0.15) is 13.8 Å². The number of anilines is 3. The summed E-state index contributed by atoms with van der Waals surface area (Å²) in [5, 5.41) is 6.96. The molecule has 1 aliphatic rings. The van der Waals surface area contributed by atoms with Gasteiger partial charge < -0.3 is 10.2 Å². The number of rotatable bonds is 4. The molecule has 0 saturated carbocycles. The number of hydrogen-bond donors (Lipinski definition) is 1. The molecule has 1 N–H and O–H groups in total. The topological polar surface area (TPSA) is 66.3 Å². The molecule has 2 aromatic heterocycles. The number of nitrogens with zero attached hydrogens (tertiary/aromatic N) is 5. The fourth-order valence-corrected chi connectivity index (χ4v) is 2.88. The average molecular weight is 328 g/mol. The molecule has 1 fully saturated rings. The molecule has 2 aromatic rings. The second kappa shape index (κ2) is 7.00. The maximum absolute atomic E-state index is 12.0. The zero-order chi connectivity index (χ0) is 17.1. The second-order valence-electron chi connectivity index (χ2n) is 6.32. The minimum atomic E-state index is -0.173. The highest BCUT2D eigenvalue weighted by Gasteiger charge is 2.19. The molecule has 24 heavy (non-hydrogen) atoms. The number of pyridine rings is 1. The van der Waals surface area contributed by atoms with Crippen LogP contribution in [-0.2, 0) is 7.05 Å². The summed E-state index contributed by atoms with van der Waals surface area (Å²) < 4.78 is 1.30. The van der Waals surface area contributed by atoms with Crippen molar-refractivity contribution in [1.29, 1.82) is 0 Å². The fourth-order valence-electron chi connectivity index (χ4n) is 2.88. The molecule has 0 amide bonds. The monoisotopic (exact) mass is 328 g/mol. The lowest BCUT2D eigenvalue weighted by molar-refractivity contribution is 0.209. The third-order valence-electron chi connectivity index (χ3n) is 4.43. The minimum absolute atomic E-state index is 0.173. The number of aryl methyl sites for hydroxylation is 1. The van der Waals surface area contributed by atoms with Gasteiger partial charge in [0.2, 0.25) is 0 Å². The summed E-state index contributed by atoms with van der Waals surface area (Å²) in [5.74, 6) is 0.655. The van der Waals surface area contributed by atoms with Gasteiger partial charge in [-0.3, -0.25) is 9.69 Å². The Hall–Kier alpha value is -2.41. The van der Waals surface area contributed by atoms with Gasteiger partial charge in [0.1, 0.15) is 11.5 Å². The van der Waals surface area contributed by atoms with Crippen molar-refractivity contribution in [2.24, 2.45) is 7.05 Å². The van der Waals surface area contributed by atoms with E-state index in [4.69, 9.17) is 0 Å². The van der Waals surface area contributed by atoms with Gasteiger partial charge in [-0.1, -0.05) is 0 Å². The van der Waals surface area contributed by atoms with Gasteiger partial charge in [0.05, 0.1) is 11.9 Å². The first-order valence-corrected chi connectivity index (χ1v) is 8.29. The average Bonchev–Trinajstić information content (AvgIpc) is 2.60. The van der Waals surface area contributed by atoms with Crippen molar-refractivity contribution in [2.45, 2.75) is 19.9 Å². The molecular weight excluding hydrogens is 304 g/mol. The fraction of sp³-hybridized carbons (Fsp3) is 0.471. The Morgan fingerprint density at radius 2 is 1.88 bits per heavy atom. The van der Waals surface area contributed by atoms with E-state index in [1.54, 1.807) is 19.3 Å². The zero-order valence-electron chi connectivity index (χ0n) is 14.4. The lowest BCUT2D eigenvalue weighted by atomic mass is 10.2. The highest BCUT2D eigenvalue weighted by atomic mass is 16.1. The molecule has 3 heterocycles. The van der Waals surface area contributed by atoms with Crippen LogP contribution in [-0.4, -0.2) is 51.9 Å². The summed E-state index contributed by atoms with van der Waals surface area (Å²) in [7, 11) is 1.63. The molecule has 0 aliphatic carbocycles. The first-order valence-electron chi connectivity index (χ1n) is 8.29. The predicted molar refractivity (Wildman–Crippen MR) is 95.9 cm³/mol. The SMILES string of the molecule is CC(C)N1CCN(c2ccc(Nc3ccnn(C)c3=O)nc2)CC1. The predicted octanol–water partition coefficient (Wildman–Crippen LogP) is 1.45. The molecule has 0 aromatic carbocycles.